The molecule has 0 spiro atoms. The average Bonchev–Trinajstić information content (AvgIpc) is 2.50. The summed E-state index contributed by atoms with van der Waals surface area (Å²) in [5, 5.41) is 16.6. The molecule has 3 nitrogen and oxygen atoms in total. The zero-order valence-corrected chi connectivity index (χ0v) is 6.76. The molecule has 0 amide bonds. The van der Waals surface area contributed by atoms with Gasteiger partial charge < -0.3 is 0 Å². The topological polar surface area (TPSA) is 52.5 Å². The largest absolute Gasteiger partial charge is 0.278 e. The molecule has 0 aliphatic rings. The molecule has 58 valence electrons. The Kier molecular flexibility index (Phi) is 1.49. The molecule has 4 heteroatoms. The first kappa shape index (κ1) is 7.14. The lowest BCUT2D eigenvalue weighted by atomic mass is 10.1. The minimum atomic E-state index is 0.545. The summed E-state index contributed by atoms with van der Waals surface area (Å²) < 4.78 is 0. The highest BCUT2D eigenvalue weighted by Crippen LogP contribution is 2.21. The van der Waals surface area contributed by atoms with Gasteiger partial charge in [-0.3, -0.25) is 5.10 Å². The highest BCUT2D eigenvalue weighted by Gasteiger charge is 2.03. The number of nitrogens with zero attached hydrogens (tertiary/aromatic N) is 2. The molecule has 1 aromatic carbocycles. The number of halogens is 1. The number of hydrogen-bond acceptors (Lipinski definition) is 2. The number of nitrogens with one attached hydrogen (secondary N) is 1. The molecule has 1 N–H and O–H groups in total. The van der Waals surface area contributed by atoms with Crippen LogP contribution in [-0.2, 0) is 0 Å². The lowest BCUT2D eigenvalue weighted by Crippen LogP contribution is -1.76. The molecule has 12 heavy (non-hydrogen) atoms. The summed E-state index contributed by atoms with van der Waals surface area (Å²) in [5.74, 6) is 0. The van der Waals surface area contributed by atoms with Gasteiger partial charge in [-0.25, -0.2) is 0 Å². The first-order valence-electron chi connectivity index (χ1n) is 3.34. The molecule has 0 aliphatic heterocycles. The van der Waals surface area contributed by atoms with Crippen LogP contribution in [0.3, 0.4) is 0 Å². The zero-order chi connectivity index (χ0) is 8.55. The van der Waals surface area contributed by atoms with Crippen molar-refractivity contribution in [2.45, 2.75) is 0 Å². The van der Waals surface area contributed by atoms with Crippen LogP contribution in [0.15, 0.2) is 18.3 Å². The Morgan fingerprint density at radius 1 is 1.50 bits per heavy atom. The summed E-state index contributed by atoms with van der Waals surface area (Å²) in [6.07, 6.45) is 1.62. The van der Waals surface area contributed by atoms with Gasteiger partial charge in [0.2, 0.25) is 0 Å². The summed E-state index contributed by atoms with van der Waals surface area (Å²) in [4.78, 5) is 0. The molecule has 1 heterocycles. The minimum absolute atomic E-state index is 0.545. The third-order valence-corrected chi connectivity index (χ3v) is 1.86. The van der Waals surface area contributed by atoms with Crippen molar-refractivity contribution in [1.29, 1.82) is 5.26 Å². The Morgan fingerprint density at radius 3 is 3.08 bits per heavy atom. The van der Waals surface area contributed by atoms with Crippen LogP contribution >= 0.6 is 11.6 Å². The first-order chi connectivity index (χ1) is 5.81. The number of benzene rings is 1. The van der Waals surface area contributed by atoms with Gasteiger partial charge in [-0.1, -0.05) is 11.6 Å². The van der Waals surface area contributed by atoms with Crippen molar-refractivity contribution < 1.29 is 0 Å². The Hall–Kier alpha value is -1.53. The maximum atomic E-state index is 8.73. The summed E-state index contributed by atoms with van der Waals surface area (Å²) in [6.45, 7) is 0. The second kappa shape index (κ2) is 2.50. The van der Waals surface area contributed by atoms with Crippen LogP contribution in [0.4, 0.5) is 0 Å². The summed E-state index contributed by atoms with van der Waals surface area (Å²) in [5.41, 5.74) is 1.34. The van der Waals surface area contributed by atoms with E-state index in [1.807, 2.05) is 0 Å². The fraction of sp³-hybridized carbons (Fsp3) is 0. The number of H-pyrrole nitrogens is 1. The predicted octanol–water partition coefficient (Wildman–Crippen LogP) is 2.09. The molecule has 0 aliphatic carbocycles. The van der Waals surface area contributed by atoms with E-state index in [4.69, 9.17) is 16.9 Å². The standard InChI is InChI=1S/C8H4ClN3/c9-6-1-5(3-10)7-4-11-12-8(7)2-6/h1-2,4H,(H,11,12). The van der Waals surface area contributed by atoms with Gasteiger partial charge >= 0.3 is 0 Å². The molecule has 1 aromatic heterocycles. The first-order valence-corrected chi connectivity index (χ1v) is 3.72. The van der Waals surface area contributed by atoms with E-state index in [1.165, 1.54) is 0 Å². The number of fused-ring (bicyclic) bond motifs is 1. The molecule has 2 rings (SSSR count). The molecule has 0 bridgehead atoms. The monoisotopic (exact) mass is 177 g/mol. The van der Waals surface area contributed by atoms with Crippen LogP contribution in [0.1, 0.15) is 5.56 Å². The predicted molar refractivity (Wildman–Crippen MR) is 45.8 cm³/mol. The van der Waals surface area contributed by atoms with Gasteiger partial charge in [0.1, 0.15) is 0 Å². The van der Waals surface area contributed by atoms with Crippen LogP contribution < -0.4 is 0 Å². The third-order valence-electron chi connectivity index (χ3n) is 1.64. The Morgan fingerprint density at radius 2 is 2.33 bits per heavy atom. The average molecular weight is 178 g/mol. The molecule has 0 saturated carbocycles. The summed E-state index contributed by atoms with van der Waals surface area (Å²) >= 11 is 5.76. The van der Waals surface area contributed by atoms with Crippen LogP contribution in [-0.4, -0.2) is 10.2 Å². The Bertz CT molecular complexity index is 467. The van der Waals surface area contributed by atoms with Crippen molar-refractivity contribution in [2.75, 3.05) is 0 Å². The van der Waals surface area contributed by atoms with Crippen LogP contribution in [0.5, 0.6) is 0 Å². The van der Waals surface area contributed by atoms with Crippen LogP contribution in [0.2, 0.25) is 5.02 Å². The van der Waals surface area contributed by atoms with Gasteiger partial charge in [0.05, 0.1) is 23.3 Å². The van der Waals surface area contributed by atoms with Crippen LogP contribution in [0, 0.1) is 11.3 Å². The van der Waals surface area contributed by atoms with E-state index < -0.39 is 0 Å². The van der Waals surface area contributed by atoms with Gasteiger partial charge in [0.15, 0.2) is 0 Å². The molecule has 0 fully saturated rings. The fourth-order valence-electron chi connectivity index (χ4n) is 1.11. The Balaban J connectivity index is 2.91. The number of rotatable bonds is 0. The molecule has 0 radical (unpaired) electrons. The quantitative estimate of drug-likeness (QED) is 0.670. The van der Waals surface area contributed by atoms with E-state index in [0.717, 1.165) is 10.9 Å². The van der Waals surface area contributed by atoms with E-state index in [0.29, 0.717) is 10.6 Å². The molecule has 0 unspecified atom stereocenters. The Labute approximate surface area is 73.6 Å². The normalized spacial score (nSPS) is 10.0. The SMILES string of the molecule is N#Cc1cc(Cl)cc2[nH]ncc12. The summed E-state index contributed by atoms with van der Waals surface area (Å²) in [7, 11) is 0. The van der Waals surface area contributed by atoms with Crippen molar-refractivity contribution in [3.63, 3.8) is 0 Å². The van der Waals surface area contributed by atoms with Gasteiger partial charge in [0, 0.05) is 10.4 Å². The number of hydrogen-bond donors (Lipinski definition) is 1. The third kappa shape index (κ3) is 0.936. The van der Waals surface area contributed by atoms with Crippen molar-refractivity contribution in [2.24, 2.45) is 0 Å². The maximum Gasteiger partial charge on any atom is 0.0999 e. The molecule has 2 aromatic rings. The van der Waals surface area contributed by atoms with E-state index in [2.05, 4.69) is 16.3 Å². The lowest BCUT2D eigenvalue weighted by molar-refractivity contribution is 1.12. The van der Waals surface area contributed by atoms with E-state index >= 15 is 0 Å². The van der Waals surface area contributed by atoms with E-state index in [-0.39, 0.29) is 0 Å². The van der Waals surface area contributed by atoms with Gasteiger partial charge in [-0.2, -0.15) is 10.4 Å². The van der Waals surface area contributed by atoms with Gasteiger partial charge in [-0.05, 0) is 12.1 Å². The fourth-order valence-corrected chi connectivity index (χ4v) is 1.33. The smallest absolute Gasteiger partial charge is 0.0999 e. The number of aromatic amines is 1. The van der Waals surface area contributed by atoms with E-state index in [9.17, 15) is 0 Å². The van der Waals surface area contributed by atoms with Crippen molar-refractivity contribution in [3.8, 4) is 6.07 Å². The molecular formula is C8H4ClN3. The second-order valence-corrected chi connectivity index (χ2v) is 2.83. The molecular weight excluding hydrogens is 174 g/mol. The minimum Gasteiger partial charge on any atom is -0.278 e. The highest BCUT2D eigenvalue weighted by molar-refractivity contribution is 6.31. The van der Waals surface area contributed by atoms with Crippen LogP contribution in [0.25, 0.3) is 10.9 Å². The maximum absolute atomic E-state index is 8.73. The van der Waals surface area contributed by atoms with Gasteiger partial charge in [-0.15, -0.1) is 0 Å². The number of nitriles is 1. The van der Waals surface area contributed by atoms with Crippen molar-refractivity contribution in [3.05, 3.63) is 28.9 Å². The summed E-state index contributed by atoms with van der Waals surface area (Å²) in [6, 6.07) is 5.42. The lowest BCUT2D eigenvalue weighted by Gasteiger charge is -1.92. The second-order valence-electron chi connectivity index (χ2n) is 2.40. The molecule has 0 saturated heterocycles. The van der Waals surface area contributed by atoms with Gasteiger partial charge in [0.25, 0.3) is 0 Å². The van der Waals surface area contributed by atoms with Crippen molar-refractivity contribution in [1.82, 2.24) is 10.2 Å². The van der Waals surface area contributed by atoms with Crippen molar-refractivity contribution >= 4 is 22.5 Å². The highest BCUT2D eigenvalue weighted by atomic mass is 35.5. The number of aromatic nitrogens is 2. The molecule has 0 atom stereocenters. The zero-order valence-electron chi connectivity index (χ0n) is 6.00. The van der Waals surface area contributed by atoms with E-state index in [1.54, 1.807) is 18.3 Å².